The number of amides is 2. The summed E-state index contributed by atoms with van der Waals surface area (Å²) in [5.74, 6) is -0.390. The second kappa shape index (κ2) is 7.74. The Bertz CT molecular complexity index is 777. The number of hydrogen-bond donors (Lipinski definition) is 1. The van der Waals surface area contributed by atoms with Gasteiger partial charge in [0.25, 0.3) is 0 Å². The molecule has 1 aliphatic rings. The molecule has 2 aromatic rings. The number of aromatic nitrogens is 1. The number of halogens is 1. The fraction of sp³-hybridized carbons (Fsp3) is 0.389. The smallest absolute Gasteiger partial charge is 0.225 e. The highest BCUT2D eigenvalue weighted by atomic mass is 32.1. The summed E-state index contributed by atoms with van der Waals surface area (Å²) in [7, 11) is 0. The third-order valence-electron chi connectivity index (χ3n) is 4.27. The average molecular weight is 361 g/mol. The van der Waals surface area contributed by atoms with Crippen LogP contribution in [0.4, 0.5) is 4.39 Å². The Hall–Kier alpha value is -2.28. The number of thiazole rings is 1. The summed E-state index contributed by atoms with van der Waals surface area (Å²) >= 11 is 1.55. The zero-order chi connectivity index (χ0) is 17.8. The number of rotatable bonds is 6. The molecule has 1 aliphatic heterocycles. The molecule has 3 rings (SSSR count). The van der Waals surface area contributed by atoms with Gasteiger partial charge in [0.05, 0.1) is 17.2 Å². The van der Waals surface area contributed by atoms with Gasteiger partial charge in [0.2, 0.25) is 11.8 Å². The molecular formula is C18H20FN3O2S. The van der Waals surface area contributed by atoms with Crippen LogP contribution >= 0.6 is 11.3 Å². The van der Waals surface area contributed by atoms with Crippen LogP contribution in [0.2, 0.25) is 0 Å². The highest BCUT2D eigenvalue weighted by Crippen LogP contribution is 2.17. The van der Waals surface area contributed by atoms with E-state index in [1.165, 1.54) is 12.1 Å². The van der Waals surface area contributed by atoms with Crippen LogP contribution in [-0.2, 0) is 22.6 Å². The maximum atomic E-state index is 13.3. The van der Waals surface area contributed by atoms with Crippen molar-refractivity contribution >= 4 is 23.2 Å². The summed E-state index contributed by atoms with van der Waals surface area (Å²) in [6.07, 6.45) is 1.34. The van der Waals surface area contributed by atoms with Crippen LogP contribution < -0.4 is 5.32 Å². The zero-order valence-electron chi connectivity index (χ0n) is 14.0. The number of nitrogens with one attached hydrogen (secondary N) is 1. The number of benzene rings is 1. The van der Waals surface area contributed by atoms with Crippen molar-refractivity contribution in [1.29, 1.82) is 0 Å². The van der Waals surface area contributed by atoms with Crippen molar-refractivity contribution in [3.63, 3.8) is 0 Å². The van der Waals surface area contributed by atoms with Crippen LogP contribution in [-0.4, -0.2) is 34.3 Å². The van der Waals surface area contributed by atoms with Crippen LogP contribution in [0, 0.1) is 12.7 Å². The predicted molar refractivity (Wildman–Crippen MR) is 93.5 cm³/mol. The van der Waals surface area contributed by atoms with Gasteiger partial charge >= 0.3 is 0 Å². The van der Waals surface area contributed by atoms with E-state index in [0.717, 1.165) is 16.1 Å². The van der Waals surface area contributed by atoms with Crippen LogP contribution in [0.25, 0.3) is 0 Å². The van der Waals surface area contributed by atoms with Crippen LogP contribution in [0.15, 0.2) is 29.8 Å². The van der Waals surface area contributed by atoms with Crippen molar-refractivity contribution in [2.45, 2.75) is 38.8 Å². The van der Waals surface area contributed by atoms with Gasteiger partial charge < -0.3 is 10.2 Å². The lowest BCUT2D eigenvalue weighted by molar-refractivity contribution is -0.128. The quantitative estimate of drug-likeness (QED) is 0.860. The molecule has 1 aromatic carbocycles. The predicted octanol–water partition coefficient (Wildman–Crippen LogP) is 2.44. The van der Waals surface area contributed by atoms with Crippen molar-refractivity contribution < 1.29 is 14.0 Å². The highest BCUT2D eigenvalue weighted by Gasteiger charge is 2.30. The first kappa shape index (κ1) is 17.5. The van der Waals surface area contributed by atoms with Crippen molar-refractivity contribution in [2.75, 3.05) is 6.54 Å². The number of carbonyl (C=O) groups is 2. The van der Waals surface area contributed by atoms with Crippen molar-refractivity contribution in [3.8, 4) is 0 Å². The minimum atomic E-state index is -0.313. The Morgan fingerprint density at radius 1 is 1.48 bits per heavy atom. The molecule has 0 saturated carbocycles. The molecule has 25 heavy (non-hydrogen) atoms. The van der Waals surface area contributed by atoms with Gasteiger partial charge in [-0.2, -0.15) is 0 Å². The topological polar surface area (TPSA) is 62.3 Å². The van der Waals surface area contributed by atoms with E-state index in [9.17, 15) is 14.0 Å². The Kier molecular flexibility index (Phi) is 5.43. The van der Waals surface area contributed by atoms with Crippen molar-refractivity contribution in [2.24, 2.45) is 0 Å². The molecular weight excluding hydrogens is 341 g/mol. The fourth-order valence-electron chi connectivity index (χ4n) is 2.97. The van der Waals surface area contributed by atoms with Crippen LogP contribution in [0.1, 0.15) is 29.0 Å². The summed E-state index contributed by atoms with van der Waals surface area (Å²) in [5, 5.41) is 2.93. The Morgan fingerprint density at radius 2 is 2.32 bits per heavy atom. The maximum Gasteiger partial charge on any atom is 0.225 e. The largest absolute Gasteiger partial charge is 0.351 e. The van der Waals surface area contributed by atoms with E-state index in [2.05, 4.69) is 10.3 Å². The molecule has 2 amide bonds. The molecule has 0 aliphatic carbocycles. The zero-order valence-corrected chi connectivity index (χ0v) is 14.8. The summed E-state index contributed by atoms with van der Waals surface area (Å²) in [5.41, 5.74) is 3.50. The van der Waals surface area contributed by atoms with E-state index in [0.29, 0.717) is 32.4 Å². The third-order valence-corrected chi connectivity index (χ3v) is 5.26. The van der Waals surface area contributed by atoms with Crippen molar-refractivity contribution in [1.82, 2.24) is 15.2 Å². The van der Waals surface area contributed by atoms with E-state index in [1.54, 1.807) is 33.9 Å². The molecule has 1 fully saturated rings. The Morgan fingerprint density at radius 3 is 3.04 bits per heavy atom. The second-order valence-corrected chi connectivity index (χ2v) is 7.17. The lowest BCUT2D eigenvalue weighted by atomic mass is 10.2. The number of carbonyl (C=O) groups excluding carboxylic acids is 2. The summed E-state index contributed by atoms with van der Waals surface area (Å²) < 4.78 is 13.3. The number of likely N-dealkylation sites (tertiary alicyclic amines) is 1. The standard InChI is InChI=1S/C18H20FN3O2S/c1-12-16(25-11-20-12)5-6-17(23)21-15-8-18(24)22(10-15)9-13-3-2-4-14(19)7-13/h2-4,7,11,15H,5-6,8-10H2,1H3,(H,21,23)/t15-/m1/s1. The first-order valence-electron chi connectivity index (χ1n) is 8.22. The summed E-state index contributed by atoms with van der Waals surface area (Å²) in [6.45, 7) is 2.76. The molecule has 0 bridgehead atoms. The molecule has 1 N–H and O–H groups in total. The fourth-order valence-corrected chi connectivity index (χ4v) is 3.75. The lowest BCUT2D eigenvalue weighted by Crippen LogP contribution is -2.37. The summed E-state index contributed by atoms with van der Waals surface area (Å²) in [4.78, 5) is 31.2. The minimum absolute atomic E-state index is 0.0205. The van der Waals surface area contributed by atoms with Gasteiger partial charge in [-0.15, -0.1) is 11.3 Å². The molecule has 1 aromatic heterocycles. The molecule has 0 unspecified atom stereocenters. The highest BCUT2D eigenvalue weighted by molar-refractivity contribution is 7.09. The molecule has 0 radical (unpaired) electrons. The first-order chi connectivity index (χ1) is 12.0. The van der Waals surface area contributed by atoms with Gasteiger partial charge in [-0.25, -0.2) is 9.37 Å². The van der Waals surface area contributed by atoms with Gasteiger partial charge in [0, 0.05) is 30.8 Å². The maximum absolute atomic E-state index is 13.3. The average Bonchev–Trinajstić information content (AvgIpc) is 3.11. The molecule has 132 valence electrons. The number of hydrogen-bond acceptors (Lipinski definition) is 4. The molecule has 5 nitrogen and oxygen atoms in total. The van der Waals surface area contributed by atoms with E-state index in [1.807, 2.05) is 6.92 Å². The first-order valence-corrected chi connectivity index (χ1v) is 9.10. The molecule has 2 heterocycles. The SMILES string of the molecule is Cc1ncsc1CCC(=O)N[C@@H]1CC(=O)N(Cc2cccc(F)c2)C1. The molecule has 1 saturated heterocycles. The van der Waals surface area contributed by atoms with E-state index < -0.39 is 0 Å². The van der Waals surface area contributed by atoms with Gasteiger partial charge in [-0.05, 0) is 31.0 Å². The van der Waals surface area contributed by atoms with Crippen LogP contribution in [0.5, 0.6) is 0 Å². The van der Waals surface area contributed by atoms with Gasteiger partial charge in [-0.3, -0.25) is 9.59 Å². The third kappa shape index (κ3) is 4.63. The summed E-state index contributed by atoms with van der Waals surface area (Å²) in [6, 6.07) is 6.04. The van der Waals surface area contributed by atoms with E-state index in [4.69, 9.17) is 0 Å². The number of nitrogens with zero attached hydrogens (tertiary/aromatic N) is 2. The lowest BCUT2D eigenvalue weighted by Gasteiger charge is -2.17. The van der Waals surface area contributed by atoms with Crippen molar-refractivity contribution in [3.05, 3.63) is 51.7 Å². The van der Waals surface area contributed by atoms with Gasteiger partial charge in [-0.1, -0.05) is 12.1 Å². The Labute approximate surface area is 149 Å². The molecule has 7 heteroatoms. The molecule has 1 atom stereocenters. The van der Waals surface area contributed by atoms with E-state index >= 15 is 0 Å². The monoisotopic (exact) mass is 361 g/mol. The second-order valence-electron chi connectivity index (χ2n) is 6.23. The van der Waals surface area contributed by atoms with Crippen LogP contribution in [0.3, 0.4) is 0 Å². The van der Waals surface area contributed by atoms with Gasteiger partial charge in [0.15, 0.2) is 0 Å². The Balaban J connectivity index is 1.48. The normalized spacial score (nSPS) is 17.1. The minimum Gasteiger partial charge on any atom is -0.351 e. The van der Waals surface area contributed by atoms with Gasteiger partial charge in [0.1, 0.15) is 5.82 Å². The van der Waals surface area contributed by atoms with E-state index in [-0.39, 0.29) is 23.7 Å². The molecule has 0 spiro atoms. The number of aryl methyl sites for hydroxylation is 2.